The molecular weight excluding hydrogens is 207 g/mol. The van der Waals surface area contributed by atoms with Crippen molar-refractivity contribution in [1.29, 1.82) is 0 Å². The molecule has 0 fully saturated rings. The van der Waals surface area contributed by atoms with Gasteiger partial charge in [0.2, 0.25) is 0 Å². The Morgan fingerprint density at radius 3 is 1.47 bits per heavy atom. The number of hydrogen-bond donors (Lipinski definition) is 0. The standard InChI is InChI=1S/C13H13Si.Na/c14-13(11-7-3-1-4-8-11)12-9-5-2-6-10-12;/h1-10,13H,14H2;. The predicted molar refractivity (Wildman–Crippen MR) is 69.0 cm³/mol. The zero-order chi connectivity index (χ0) is 10.5. The van der Waals surface area contributed by atoms with E-state index in [2.05, 4.69) is 60.7 Å². The molecule has 0 saturated carbocycles. The van der Waals surface area contributed by atoms with E-state index in [9.17, 15) is 0 Å². The molecule has 2 aromatic rings. The summed E-state index contributed by atoms with van der Waals surface area (Å²) in [4.78, 5) is 0. The fourth-order valence-electron chi connectivity index (χ4n) is 2.03. The molecule has 0 amide bonds. The second-order valence-electron chi connectivity index (χ2n) is 3.78. The normalized spacial score (nSPS) is 11.4. The molecule has 0 spiro atoms. The summed E-state index contributed by atoms with van der Waals surface area (Å²) in [5, 5.41) is 0. The average Bonchev–Trinajstić information content (AvgIpc) is 2.33. The van der Waals surface area contributed by atoms with E-state index in [4.69, 9.17) is 0 Å². The predicted octanol–water partition coefficient (Wildman–Crippen LogP) is 2.03. The van der Waals surface area contributed by atoms with E-state index < -0.39 is 0 Å². The van der Waals surface area contributed by atoms with Crippen LogP contribution in [0.15, 0.2) is 60.7 Å². The van der Waals surface area contributed by atoms with Crippen molar-refractivity contribution in [1.82, 2.24) is 0 Å². The molecule has 2 heteroatoms. The van der Waals surface area contributed by atoms with Crippen LogP contribution in [-0.4, -0.2) is 33.1 Å². The molecule has 0 aliphatic carbocycles. The van der Waals surface area contributed by atoms with Gasteiger partial charge < -0.3 is 0 Å². The van der Waals surface area contributed by atoms with Crippen molar-refractivity contribution in [3.8, 4) is 0 Å². The van der Waals surface area contributed by atoms with Crippen LogP contribution >= 0.6 is 0 Å². The first-order chi connectivity index (χ1) is 7.42. The molecule has 0 N–H and O–H groups in total. The van der Waals surface area contributed by atoms with Gasteiger partial charge in [-0.3, -0.25) is 0 Å². The summed E-state index contributed by atoms with van der Waals surface area (Å²) in [7, 11) is 0. The average molecular weight is 220 g/mol. The zero-order valence-electron chi connectivity index (χ0n) is 9.06. The Kier molecular flexibility index (Phi) is 4.21. The summed E-state index contributed by atoms with van der Waals surface area (Å²) in [5.41, 5.74) is 3.75. The van der Waals surface area contributed by atoms with Crippen molar-refractivity contribution in [3.63, 3.8) is 0 Å². The summed E-state index contributed by atoms with van der Waals surface area (Å²) in [6.45, 7) is 0. The van der Waals surface area contributed by atoms with Crippen LogP contribution in [0, 0.1) is 0 Å². The van der Waals surface area contributed by atoms with Gasteiger partial charge in [0, 0.05) is 0 Å². The molecule has 0 atom stereocenters. The van der Waals surface area contributed by atoms with Gasteiger partial charge in [-0.2, -0.15) is 0 Å². The van der Waals surface area contributed by atoms with Gasteiger partial charge >= 0.3 is 110 Å². The molecule has 0 saturated heterocycles. The molecule has 0 aliphatic rings. The Morgan fingerprint density at radius 1 is 0.733 bits per heavy atom. The van der Waals surface area contributed by atoms with Gasteiger partial charge in [0.05, 0.1) is 0 Å². The first-order valence-corrected chi connectivity index (χ1v) is 12.0. The molecule has 0 radical (unpaired) electrons. The quantitative estimate of drug-likeness (QED) is 0.694. The van der Waals surface area contributed by atoms with Crippen LogP contribution in [0.25, 0.3) is 0 Å². The summed E-state index contributed by atoms with van der Waals surface area (Å²) >= 11 is 1.38. The zero-order valence-corrected chi connectivity index (χ0v) is 12.5. The SMILES string of the molecule is [Na][SiH2]C(c1ccccc1)c1ccccc1. The fourth-order valence-corrected chi connectivity index (χ4v) is 6.35. The summed E-state index contributed by atoms with van der Waals surface area (Å²) in [6, 6.07) is 21.9. The third kappa shape index (κ3) is 2.82. The molecule has 2 aromatic carbocycles. The van der Waals surface area contributed by atoms with Gasteiger partial charge in [0.1, 0.15) is 0 Å². The maximum atomic E-state index is 2.27. The first kappa shape index (κ1) is 11.2. The van der Waals surface area contributed by atoms with Crippen LogP contribution in [0.1, 0.15) is 16.7 Å². The van der Waals surface area contributed by atoms with Gasteiger partial charge in [0.25, 0.3) is 0 Å². The van der Waals surface area contributed by atoms with Gasteiger partial charge in [-0.1, -0.05) is 0 Å². The second-order valence-corrected chi connectivity index (χ2v) is 7.86. The molecule has 0 nitrogen and oxygen atoms in total. The third-order valence-corrected chi connectivity index (χ3v) is 7.02. The Bertz CT molecular complexity index is 360. The minimum absolute atomic E-state index is 0.0703. The minimum atomic E-state index is 0.0703. The van der Waals surface area contributed by atoms with Crippen molar-refractivity contribution in [2.75, 3.05) is 0 Å². The van der Waals surface area contributed by atoms with E-state index in [1.54, 1.807) is 0 Å². The van der Waals surface area contributed by atoms with Gasteiger partial charge in [-0.05, 0) is 0 Å². The maximum absolute atomic E-state index is 2.27. The summed E-state index contributed by atoms with van der Waals surface area (Å²) < 4.78 is 0. The first-order valence-electron chi connectivity index (χ1n) is 5.51. The van der Waals surface area contributed by atoms with Crippen LogP contribution < -0.4 is 0 Å². The molecule has 0 unspecified atom stereocenters. The van der Waals surface area contributed by atoms with Crippen LogP contribution in [0.2, 0.25) is 0 Å². The number of benzene rings is 2. The van der Waals surface area contributed by atoms with Gasteiger partial charge in [-0.25, -0.2) is 0 Å². The number of rotatable bonds is 3. The Hall–Kier alpha value is -0.343. The Labute approximate surface area is 110 Å². The van der Waals surface area contributed by atoms with E-state index in [0.717, 1.165) is 5.54 Å². The molecule has 15 heavy (non-hydrogen) atoms. The molecule has 0 heterocycles. The van der Waals surface area contributed by atoms with Crippen LogP contribution in [0.5, 0.6) is 0 Å². The van der Waals surface area contributed by atoms with Gasteiger partial charge in [-0.15, -0.1) is 0 Å². The second kappa shape index (κ2) is 5.66. The Balaban J connectivity index is 2.34. The topological polar surface area (TPSA) is 0 Å². The Morgan fingerprint density at radius 2 is 1.13 bits per heavy atom. The van der Waals surface area contributed by atoms with E-state index in [1.165, 1.54) is 38.2 Å². The van der Waals surface area contributed by atoms with Crippen LogP contribution in [-0.2, 0) is 0 Å². The van der Waals surface area contributed by atoms with E-state index in [-0.39, 0.29) is 6.08 Å². The van der Waals surface area contributed by atoms with Crippen LogP contribution in [0.3, 0.4) is 0 Å². The van der Waals surface area contributed by atoms with E-state index in [0.29, 0.717) is 0 Å². The van der Waals surface area contributed by atoms with Crippen molar-refractivity contribution in [2.24, 2.45) is 0 Å². The summed E-state index contributed by atoms with van der Waals surface area (Å²) in [5.74, 6) is 0. The molecule has 0 bridgehead atoms. The third-order valence-electron chi connectivity index (χ3n) is 2.81. The molecule has 70 valence electrons. The van der Waals surface area contributed by atoms with Crippen molar-refractivity contribution in [3.05, 3.63) is 71.8 Å². The van der Waals surface area contributed by atoms with Crippen molar-refractivity contribution in [2.45, 2.75) is 5.54 Å². The van der Waals surface area contributed by atoms with Gasteiger partial charge in [0.15, 0.2) is 0 Å². The summed E-state index contributed by atoms with van der Waals surface area (Å²) in [6.07, 6.45) is 0.0703. The molecule has 0 aliphatic heterocycles. The molecule has 0 aromatic heterocycles. The van der Waals surface area contributed by atoms with Crippen LogP contribution in [0.4, 0.5) is 0 Å². The molecular formula is C13H13NaSi. The fraction of sp³-hybridized carbons (Fsp3) is 0.0769. The van der Waals surface area contributed by atoms with Crippen molar-refractivity contribution >= 4 is 33.1 Å². The molecule has 2 rings (SSSR count). The number of hydrogen-bond acceptors (Lipinski definition) is 0. The monoisotopic (exact) mass is 220 g/mol. The van der Waals surface area contributed by atoms with Crippen molar-refractivity contribution < 1.29 is 0 Å². The van der Waals surface area contributed by atoms with E-state index in [1.807, 2.05) is 0 Å². The van der Waals surface area contributed by atoms with E-state index >= 15 is 0 Å².